The highest BCUT2D eigenvalue weighted by molar-refractivity contribution is 5.85. The van der Waals surface area contributed by atoms with E-state index in [-0.39, 0.29) is 18.8 Å². The van der Waals surface area contributed by atoms with Crippen molar-refractivity contribution in [3.63, 3.8) is 0 Å². The Morgan fingerprint density at radius 2 is 1.89 bits per heavy atom. The molecule has 0 aliphatic carbocycles. The number of aliphatic carboxylic acids is 1. The molecule has 1 fully saturated rings. The van der Waals surface area contributed by atoms with Crippen LogP contribution in [0.3, 0.4) is 0 Å². The van der Waals surface area contributed by atoms with Crippen LogP contribution in [0.15, 0.2) is 30.5 Å². The van der Waals surface area contributed by atoms with E-state index in [9.17, 15) is 30.3 Å². The number of hydrogen-bond donors (Lipinski definition) is 7. The number of aliphatic hydroxyl groups excluding tert-OH is 4. The average molecular weight is 403 g/mol. The van der Waals surface area contributed by atoms with E-state index in [1.807, 2.05) is 24.3 Å². The van der Waals surface area contributed by atoms with Gasteiger partial charge in [0, 0.05) is 23.5 Å². The zero-order chi connectivity index (χ0) is 18.8. The van der Waals surface area contributed by atoms with Gasteiger partial charge < -0.3 is 35.3 Å². The van der Waals surface area contributed by atoms with Crippen LogP contribution < -0.4 is 5.32 Å². The number of rotatable bonds is 6. The highest BCUT2D eigenvalue weighted by Crippen LogP contribution is 2.22. The Morgan fingerprint density at radius 1 is 1.19 bits per heavy atom. The summed E-state index contributed by atoms with van der Waals surface area (Å²) >= 11 is 0. The number of H-pyrrole nitrogens is 1. The lowest BCUT2D eigenvalue weighted by Gasteiger charge is -2.41. The summed E-state index contributed by atoms with van der Waals surface area (Å²) in [6.07, 6.45) is -5.14. The SMILES string of the molecule is Cl.O=C(O)[C@H](Cc1c[nH]c2ccccc12)NC1O[C@H](CO)[C@@H](O)[C@H](O)[C@@H]1O. The molecule has 1 aromatic carbocycles. The van der Waals surface area contributed by atoms with Crippen molar-refractivity contribution in [2.24, 2.45) is 0 Å². The summed E-state index contributed by atoms with van der Waals surface area (Å²) in [5.41, 5.74) is 1.64. The number of fused-ring (bicyclic) bond motifs is 1. The lowest BCUT2D eigenvalue weighted by molar-refractivity contribution is -0.238. The first-order valence-corrected chi connectivity index (χ1v) is 8.26. The number of carboxylic acids is 1. The van der Waals surface area contributed by atoms with Crippen molar-refractivity contribution < 1.29 is 35.1 Å². The second-order valence-corrected chi connectivity index (χ2v) is 6.37. The van der Waals surface area contributed by atoms with Gasteiger partial charge in [0.1, 0.15) is 36.7 Å². The predicted octanol–water partition coefficient (Wildman–Crippen LogP) is -1.03. The standard InChI is InChI=1S/C17H22N2O7.ClH/c20-7-12-13(21)14(22)15(23)16(26-12)19-11(17(24)25)5-8-6-18-10-4-2-1-3-9(8)10;/h1-4,6,11-16,18-23H,5,7H2,(H,24,25);1H/t11-,12+,13+,14-,15-,16?;/m0./s1. The topological polar surface area (TPSA) is 155 Å². The quantitative estimate of drug-likeness (QED) is 0.323. The number of carboxylic acid groups (broad SMARTS) is 1. The average Bonchev–Trinajstić information content (AvgIpc) is 3.04. The molecule has 0 saturated carbocycles. The number of hydrogen-bond acceptors (Lipinski definition) is 7. The van der Waals surface area contributed by atoms with Crippen LogP contribution in [0.2, 0.25) is 0 Å². The number of nitrogens with one attached hydrogen (secondary N) is 2. The Morgan fingerprint density at radius 3 is 2.56 bits per heavy atom. The lowest BCUT2D eigenvalue weighted by Crippen LogP contribution is -2.64. The Kier molecular flexibility index (Phi) is 7.18. The van der Waals surface area contributed by atoms with Crippen molar-refractivity contribution in [3.05, 3.63) is 36.0 Å². The third-order valence-electron chi connectivity index (χ3n) is 4.65. The minimum atomic E-state index is -1.57. The highest BCUT2D eigenvalue weighted by atomic mass is 35.5. The Balaban J connectivity index is 0.00000261. The number of aliphatic hydroxyl groups is 4. The Bertz CT molecular complexity index is 769. The van der Waals surface area contributed by atoms with Crippen LogP contribution in [-0.2, 0) is 16.0 Å². The maximum absolute atomic E-state index is 11.7. The molecule has 1 aliphatic rings. The molecule has 9 nitrogen and oxygen atoms in total. The molecular formula is C17H23ClN2O7. The minimum absolute atomic E-state index is 0. The molecule has 0 radical (unpaired) electrons. The summed E-state index contributed by atoms with van der Waals surface area (Å²) in [5, 5.41) is 52.0. The Hall–Kier alpha value is -1.72. The van der Waals surface area contributed by atoms with E-state index < -0.39 is 49.3 Å². The normalized spacial score (nSPS) is 29.3. The van der Waals surface area contributed by atoms with E-state index in [0.717, 1.165) is 16.5 Å². The molecular weight excluding hydrogens is 380 g/mol. The van der Waals surface area contributed by atoms with Gasteiger partial charge in [0.05, 0.1) is 6.61 Å². The van der Waals surface area contributed by atoms with Crippen LogP contribution in [0.25, 0.3) is 10.9 Å². The van der Waals surface area contributed by atoms with Crippen LogP contribution in [-0.4, -0.2) is 79.8 Å². The number of aromatic amines is 1. The first-order chi connectivity index (χ1) is 12.4. The molecule has 0 bridgehead atoms. The van der Waals surface area contributed by atoms with Gasteiger partial charge in [-0.05, 0) is 11.6 Å². The summed E-state index contributed by atoms with van der Waals surface area (Å²) in [4.78, 5) is 14.7. The van der Waals surface area contributed by atoms with E-state index in [1.54, 1.807) is 6.20 Å². The molecule has 1 saturated heterocycles. The van der Waals surface area contributed by atoms with Gasteiger partial charge in [-0.2, -0.15) is 0 Å². The third kappa shape index (κ3) is 4.41. The molecule has 1 aromatic heterocycles. The smallest absolute Gasteiger partial charge is 0.321 e. The fraction of sp³-hybridized carbons (Fsp3) is 0.471. The van der Waals surface area contributed by atoms with Gasteiger partial charge in [-0.15, -0.1) is 12.4 Å². The van der Waals surface area contributed by atoms with Gasteiger partial charge >= 0.3 is 5.97 Å². The summed E-state index contributed by atoms with van der Waals surface area (Å²) in [7, 11) is 0. The molecule has 27 heavy (non-hydrogen) atoms. The second-order valence-electron chi connectivity index (χ2n) is 6.37. The Labute approximate surface area is 161 Å². The largest absolute Gasteiger partial charge is 0.480 e. The van der Waals surface area contributed by atoms with Crippen molar-refractivity contribution in [1.82, 2.24) is 10.3 Å². The molecule has 3 rings (SSSR count). The number of carbonyl (C=O) groups is 1. The summed E-state index contributed by atoms with van der Waals surface area (Å²) in [6, 6.07) is 6.34. The van der Waals surface area contributed by atoms with Crippen molar-refractivity contribution >= 4 is 29.3 Å². The molecule has 0 amide bonds. The van der Waals surface area contributed by atoms with E-state index in [4.69, 9.17) is 4.74 Å². The molecule has 10 heteroatoms. The number of para-hydroxylation sites is 1. The van der Waals surface area contributed by atoms with E-state index in [2.05, 4.69) is 10.3 Å². The van der Waals surface area contributed by atoms with Crippen LogP contribution >= 0.6 is 12.4 Å². The maximum atomic E-state index is 11.7. The van der Waals surface area contributed by atoms with Crippen molar-refractivity contribution in [3.8, 4) is 0 Å². The van der Waals surface area contributed by atoms with E-state index >= 15 is 0 Å². The van der Waals surface area contributed by atoms with Gasteiger partial charge in [-0.1, -0.05) is 18.2 Å². The van der Waals surface area contributed by atoms with Gasteiger partial charge in [0.25, 0.3) is 0 Å². The van der Waals surface area contributed by atoms with Crippen LogP contribution in [0.5, 0.6) is 0 Å². The maximum Gasteiger partial charge on any atom is 0.321 e. The molecule has 150 valence electrons. The second kappa shape index (κ2) is 8.98. The number of aromatic nitrogens is 1. The summed E-state index contributed by atoms with van der Waals surface area (Å²) in [5.74, 6) is -1.16. The van der Waals surface area contributed by atoms with Gasteiger partial charge in [-0.3, -0.25) is 10.1 Å². The van der Waals surface area contributed by atoms with Crippen LogP contribution in [0.4, 0.5) is 0 Å². The third-order valence-corrected chi connectivity index (χ3v) is 4.65. The molecule has 7 N–H and O–H groups in total. The monoisotopic (exact) mass is 402 g/mol. The fourth-order valence-corrected chi connectivity index (χ4v) is 3.18. The van der Waals surface area contributed by atoms with Gasteiger partial charge in [0.2, 0.25) is 0 Å². The van der Waals surface area contributed by atoms with Crippen LogP contribution in [0, 0.1) is 0 Å². The number of ether oxygens (including phenoxy) is 1. The van der Waals surface area contributed by atoms with Crippen molar-refractivity contribution in [2.45, 2.75) is 43.1 Å². The van der Waals surface area contributed by atoms with Crippen LogP contribution in [0.1, 0.15) is 5.56 Å². The van der Waals surface area contributed by atoms with Gasteiger partial charge in [0.15, 0.2) is 0 Å². The first-order valence-electron chi connectivity index (χ1n) is 8.26. The highest BCUT2D eigenvalue weighted by Gasteiger charge is 2.44. The fourth-order valence-electron chi connectivity index (χ4n) is 3.18. The van der Waals surface area contributed by atoms with Crippen molar-refractivity contribution in [2.75, 3.05) is 6.61 Å². The molecule has 6 atom stereocenters. The lowest BCUT2D eigenvalue weighted by atomic mass is 9.97. The predicted molar refractivity (Wildman–Crippen MR) is 97.6 cm³/mol. The number of benzene rings is 1. The molecule has 2 heterocycles. The summed E-state index contributed by atoms with van der Waals surface area (Å²) in [6.45, 7) is -0.580. The summed E-state index contributed by atoms with van der Waals surface area (Å²) < 4.78 is 5.33. The molecule has 1 aliphatic heterocycles. The van der Waals surface area contributed by atoms with E-state index in [0.29, 0.717) is 0 Å². The van der Waals surface area contributed by atoms with Crippen molar-refractivity contribution in [1.29, 1.82) is 0 Å². The molecule has 1 unspecified atom stereocenters. The zero-order valence-corrected chi connectivity index (χ0v) is 15.0. The first kappa shape index (κ1) is 21.6. The zero-order valence-electron chi connectivity index (χ0n) is 14.2. The molecule has 2 aromatic rings. The number of halogens is 1. The molecule has 0 spiro atoms. The van der Waals surface area contributed by atoms with E-state index in [1.165, 1.54) is 0 Å². The minimum Gasteiger partial charge on any atom is -0.480 e. The van der Waals surface area contributed by atoms with Gasteiger partial charge in [-0.25, -0.2) is 0 Å².